The standard InChI is InChI=1S/C16H24N2OS.ClH/c1-11(17)13-7-8-18(10-13)16(19)15-9-12-5-3-2-4-6-14(12)20-15;/h9,11,13H,2-8,10,17H2,1H3;1H. The van der Waals surface area contributed by atoms with Crippen molar-refractivity contribution in [1.29, 1.82) is 0 Å². The number of aryl methyl sites for hydroxylation is 2. The molecule has 21 heavy (non-hydrogen) atoms. The first kappa shape index (κ1) is 16.8. The monoisotopic (exact) mass is 328 g/mol. The van der Waals surface area contributed by atoms with E-state index in [4.69, 9.17) is 5.73 Å². The molecule has 0 bridgehead atoms. The summed E-state index contributed by atoms with van der Waals surface area (Å²) < 4.78 is 0. The van der Waals surface area contributed by atoms with Crippen LogP contribution in [0.1, 0.15) is 52.7 Å². The van der Waals surface area contributed by atoms with Crippen molar-refractivity contribution in [2.75, 3.05) is 13.1 Å². The van der Waals surface area contributed by atoms with Crippen LogP contribution in [0.15, 0.2) is 6.07 Å². The largest absolute Gasteiger partial charge is 0.338 e. The maximum atomic E-state index is 12.6. The van der Waals surface area contributed by atoms with Crippen molar-refractivity contribution in [2.45, 2.75) is 51.5 Å². The Morgan fingerprint density at radius 2 is 2.14 bits per heavy atom. The van der Waals surface area contributed by atoms with Gasteiger partial charge in [-0.15, -0.1) is 23.7 Å². The number of halogens is 1. The maximum Gasteiger partial charge on any atom is 0.263 e. The second-order valence-electron chi connectivity index (χ2n) is 6.28. The van der Waals surface area contributed by atoms with Crippen molar-refractivity contribution < 1.29 is 4.79 Å². The zero-order valence-corrected chi connectivity index (χ0v) is 14.3. The van der Waals surface area contributed by atoms with Gasteiger partial charge in [0, 0.05) is 24.0 Å². The molecule has 0 spiro atoms. The van der Waals surface area contributed by atoms with Gasteiger partial charge in [0.05, 0.1) is 4.88 Å². The van der Waals surface area contributed by atoms with E-state index in [1.165, 1.54) is 29.7 Å². The molecule has 0 radical (unpaired) electrons. The first-order chi connectivity index (χ1) is 9.65. The SMILES string of the molecule is CC(N)C1CCN(C(=O)c2cc3c(s2)CCCCC3)C1.Cl. The number of nitrogens with two attached hydrogens (primary N) is 1. The molecular weight excluding hydrogens is 304 g/mol. The summed E-state index contributed by atoms with van der Waals surface area (Å²) in [5, 5.41) is 0. The highest BCUT2D eigenvalue weighted by atomic mass is 35.5. The lowest BCUT2D eigenvalue weighted by Crippen LogP contribution is -2.32. The molecule has 2 unspecified atom stereocenters. The molecule has 118 valence electrons. The zero-order valence-electron chi connectivity index (χ0n) is 12.6. The van der Waals surface area contributed by atoms with Gasteiger partial charge in [0.15, 0.2) is 0 Å². The first-order valence-electron chi connectivity index (χ1n) is 7.81. The van der Waals surface area contributed by atoms with Gasteiger partial charge in [0.1, 0.15) is 0 Å². The van der Waals surface area contributed by atoms with Crippen LogP contribution in [-0.2, 0) is 12.8 Å². The average molecular weight is 329 g/mol. The van der Waals surface area contributed by atoms with Gasteiger partial charge in [-0.25, -0.2) is 0 Å². The molecular formula is C16H25ClN2OS. The molecule has 0 aromatic carbocycles. The Bertz CT molecular complexity index is 477. The Hall–Kier alpha value is -0.580. The highest BCUT2D eigenvalue weighted by Crippen LogP contribution is 2.31. The first-order valence-corrected chi connectivity index (χ1v) is 8.63. The fourth-order valence-electron chi connectivity index (χ4n) is 3.33. The fraction of sp³-hybridized carbons (Fsp3) is 0.688. The third kappa shape index (κ3) is 3.61. The van der Waals surface area contributed by atoms with E-state index < -0.39 is 0 Å². The van der Waals surface area contributed by atoms with E-state index in [-0.39, 0.29) is 24.4 Å². The number of likely N-dealkylation sites (tertiary alicyclic amines) is 1. The minimum atomic E-state index is 0. The predicted molar refractivity (Wildman–Crippen MR) is 90.5 cm³/mol. The molecule has 1 aliphatic carbocycles. The van der Waals surface area contributed by atoms with E-state index in [1.54, 1.807) is 11.3 Å². The third-order valence-electron chi connectivity index (χ3n) is 4.71. The molecule has 0 saturated carbocycles. The Balaban J connectivity index is 0.00000161. The maximum absolute atomic E-state index is 12.6. The lowest BCUT2D eigenvalue weighted by molar-refractivity contribution is 0.0790. The minimum absolute atomic E-state index is 0. The molecule has 1 aromatic rings. The molecule has 2 N–H and O–H groups in total. The number of carbonyl (C=O) groups excluding carboxylic acids is 1. The predicted octanol–water partition coefficient (Wildman–Crippen LogP) is 3.25. The Morgan fingerprint density at radius 3 is 2.86 bits per heavy atom. The van der Waals surface area contributed by atoms with Crippen LogP contribution < -0.4 is 5.73 Å². The quantitative estimate of drug-likeness (QED) is 0.847. The number of hydrogen-bond donors (Lipinski definition) is 1. The minimum Gasteiger partial charge on any atom is -0.338 e. The summed E-state index contributed by atoms with van der Waals surface area (Å²) in [6.07, 6.45) is 7.24. The van der Waals surface area contributed by atoms with Crippen molar-refractivity contribution >= 4 is 29.7 Å². The van der Waals surface area contributed by atoms with Crippen LogP contribution in [-0.4, -0.2) is 29.9 Å². The van der Waals surface area contributed by atoms with Crippen molar-refractivity contribution in [3.63, 3.8) is 0 Å². The van der Waals surface area contributed by atoms with Gasteiger partial charge >= 0.3 is 0 Å². The van der Waals surface area contributed by atoms with Crippen LogP contribution >= 0.6 is 23.7 Å². The van der Waals surface area contributed by atoms with Crippen LogP contribution in [0.25, 0.3) is 0 Å². The van der Waals surface area contributed by atoms with Crippen molar-refractivity contribution in [3.05, 3.63) is 21.4 Å². The molecule has 2 atom stereocenters. The smallest absolute Gasteiger partial charge is 0.263 e. The molecule has 1 aromatic heterocycles. The summed E-state index contributed by atoms with van der Waals surface area (Å²) in [4.78, 5) is 17.0. The van der Waals surface area contributed by atoms with E-state index in [0.29, 0.717) is 5.92 Å². The number of amides is 1. The van der Waals surface area contributed by atoms with Crippen LogP contribution in [0.3, 0.4) is 0 Å². The number of hydrogen-bond acceptors (Lipinski definition) is 3. The number of thiophene rings is 1. The van der Waals surface area contributed by atoms with Gasteiger partial charge in [-0.05, 0) is 56.6 Å². The molecule has 2 aliphatic rings. The van der Waals surface area contributed by atoms with Crippen LogP contribution in [0.2, 0.25) is 0 Å². The summed E-state index contributed by atoms with van der Waals surface area (Å²) in [6.45, 7) is 3.75. The highest BCUT2D eigenvalue weighted by Gasteiger charge is 2.30. The zero-order chi connectivity index (χ0) is 14.1. The lowest BCUT2D eigenvalue weighted by Gasteiger charge is -2.17. The van der Waals surface area contributed by atoms with Crippen LogP contribution in [0.5, 0.6) is 0 Å². The summed E-state index contributed by atoms with van der Waals surface area (Å²) in [5.74, 6) is 0.697. The topological polar surface area (TPSA) is 46.3 Å². The number of carbonyl (C=O) groups is 1. The molecule has 1 amide bonds. The molecule has 1 aliphatic heterocycles. The summed E-state index contributed by atoms with van der Waals surface area (Å²) in [7, 11) is 0. The summed E-state index contributed by atoms with van der Waals surface area (Å²) in [5.41, 5.74) is 7.39. The molecule has 3 nitrogen and oxygen atoms in total. The van der Waals surface area contributed by atoms with E-state index in [2.05, 4.69) is 6.07 Å². The van der Waals surface area contributed by atoms with E-state index in [9.17, 15) is 4.79 Å². The van der Waals surface area contributed by atoms with E-state index >= 15 is 0 Å². The number of fused-ring (bicyclic) bond motifs is 1. The van der Waals surface area contributed by atoms with Gasteiger partial charge in [-0.2, -0.15) is 0 Å². The normalized spacial score (nSPS) is 23.1. The third-order valence-corrected chi connectivity index (χ3v) is 5.94. The molecule has 2 heterocycles. The second kappa shape index (κ2) is 7.12. The van der Waals surface area contributed by atoms with Crippen molar-refractivity contribution in [2.24, 2.45) is 11.7 Å². The lowest BCUT2D eigenvalue weighted by atomic mass is 10.0. The number of rotatable bonds is 2. The second-order valence-corrected chi connectivity index (χ2v) is 7.42. The molecule has 3 rings (SSSR count). The fourth-order valence-corrected chi connectivity index (χ4v) is 4.55. The Labute approximate surface area is 137 Å². The molecule has 5 heteroatoms. The Morgan fingerprint density at radius 1 is 1.38 bits per heavy atom. The molecule has 1 saturated heterocycles. The highest BCUT2D eigenvalue weighted by molar-refractivity contribution is 7.14. The average Bonchev–Trinajstić information content (AvgIpc) is 3.01. The van der Waals surface area contributed by atoms with E-state index in [0.717, 1.165) is 37.2 Å². The van der Waals surface area contributed by atoms with Gasteiger partial charge in [-0.1, -0.05) is 6.42 Å². The Kier molecular flexibility index (Phi) is 5.69. The van der Waals surface area contributed by atoms with Crippen LogP contribution in [0, 0.1) is 5.92 Å². The van der Waals surface area contributed by atoms with Crippen molar-refractivity contribution in [1.82, 2.24) is 4.90 Å². The van der Waals surface area contributed by atoms with Crippen LogP contribution in [0.4, 0.5) is 0 Å². The van der Waals surface area contributed by atoms with Crippen molar-refractivity contribution in [3.8, 4) is 0 Å². The molecule has 1 fully saturated rings. The summed E-state index contributed by atoms with van der Waals surface area (Å²) >= 11 is 1.73. The number of nitrogens with zero attached hydrogens (tertiary/aromatic N) is 1. The van der Waals surface area contributed by atoms with E-state index in [1.807, 2.05) is 11.8 Å². The van der Waals surface area contributed by atoms with Gasteiger partial charge in [0.2, 0.25) is 0 Å². The van der Waals surface area contributed by atoms with Gasteiger partial charge in [-0.3, -0.25) is 4.79 Å². The van der Waals surface area contributed by atoms with Gasteiger partial charge < -0.3 is 10.6 Å². The summed E-state index contributed by atoms with van der Waals surface area (Å²) in [6, 6.07) is 2.35. The van der Waals surface area contributed by atoms with Gasteiger partial charge in [0.25, 0.3) is 5.91 Å².